The summed E-state index contributed by atoms with van der Waals surface area (Å²) in [6.07, 6.45) is 5.54. The number of halogens is 1. The number of rotatable bonds is 4. The molecule has 0 N–H and O–H groups in total. The van der Waals surface area contributed by atoms with Crippen LogP contribution >= 0.6 is 27.3 Å². The maximum absolute atomic E-state index is 12.6. The van der Waals surface area contributed by atoms with Crippen molar-refractivity contribution in [3.8, 4) is 5.75 Å². The fraction of sp³-hybridized carbons (Fsp3) is 0.0500. The SMILES string of the molecule is COc1ccc(/C=C/c2nc3s/c(=C\c4cccc(Br)c4)c(=O)n3n2)cc1. The molecule has 0 aliphatic rings. The van der Waals surface area contributed by atoms with E-state index in [1.807, 2.05) is 60.7 Å². The zero-order valence-electron chi connectivity index (χ0n) is 14.3. The Labute approximate surface area is 167 Å². The molecule has 0 radical (unpaired) electrons. The van der Waals surface area contributed by atoms with E-state index in [4.69, 9.17) is 4.74 Å². The van der Waals surface area contributed by atoms with Crippen molar-refractivity contribution in [1.82, 2.24) is 14.6 Å². The molecule has 134 valence electrons. The summed E-state index contributed by atoms with van der Waals surface area (Å²) in [4.78, 5) is 17.6. The molecule has 2 heterocycles. The predicted molar refractivity (Wildman–Crippen MR) is 112 cm³/mol. The van der Waals surface area contributed by atoms with Crippen molar-refractivity contribution in [1.29, 1.82) is 0 Å². The maximum Gasteiger partial charge on any atom is 0.291 e. The predicted octanol–water partition coefficient (Wildman–Crippen LogP) is 3.64. The summed E-state index contributed by atoms with van der Waals surface area (Å²) >= 11 is 4.76. The second kappa shape index (κ2) is 7.46. The Balaban J connectivity index is 1.64. The Kier molecular flexibility index (Phi) is 4.87. The second-order valence-electron chi connectivity index (χ2n) is 5.74. The molecule has 7 heteroatoms. The van der Waals surface area contributed by atoms with E-state index in [0.29, 0.717) is 15.3 Å². The highest BCUT2D eigenvalue weighted by Crippen LogP contribution is 2.14. The van der Waals surface area contributed by atoms with Crippen LogP contribution in [0.25, 0.3) is 23.2 Å². The van der Waals surface area contributed by atoms with Gasteiger partial charge in [-0.3, -0.25) is 4.79 Å². The molecule has 0 bridgehead atoms. The molecule has 0 saturated carbocycles. The quantitative estimate of drug-likeness (QED) is 0.486. The minimum absolute atomic E-state index is 0.161. The third kappa shape index (κ3) is 3.84. The van der Waals surface area contributed by atoms with Crippen LogP contribution in [0, 0.1) is 0 Å². The smallest absolute Gasteiger partial charge is 0.291 e. The first kappa shape index (κ1) is 17.6. The number of aromatic nitrogens is 3. The van der Waals surface area contributed by atoms with Crippen LogP contribution in [0.15, 0.2) is 57.8 Å². The highest BCUT2D eigenvalue weighted by atomic mass is 79.9. The van der Waals surface area contributed by atoms with Crippen LogP contribution in [0.3, 0.4) is 0 Å². The van der Waals surface area contributed by atoms with Gasteiger partial charge in [0, 0.05) is 4.47 Å². The van der Waals surface area contributed by atoms with Crippen molar-refractivity contribution in [2.24, 2.45) is 0 Å². The zero-order valence-corrected chi connectivity index (χ0v) is 16.7. The Morgan fingerprint density at radius 1 is 1.11 bits per heavy atom. The molecule has 0 spiro atoms. The highest BCUT2D eigenvalue weighted by Gasteiger charge is 2.08. The number of methoxy groups -OCH3 is 1. The number of hydrogen-bond donors (Lipinski definition) is 0. The van der Waals surface area contributed by atoms with Gasteiger partial charge in [0.2, 0.25) is 4.96 Å². The van der Waals surface area contributed by atoms with E-state index < -0.39 is 0 Å². The molecular formula is C20H14BrN3O2S. The molecule has 0 atom stereocenters. The van der Waals surface area contributed by atoms with Gasteiger partial charge in [0.05, 0.1) is 11.6 Å². The third-order valence-electron chi connectivity index (χ3n) is 3.89. The molecule has 5 nitrogen and oxygen atoms in total. The van der Waals surface area contributed by atoms with E-state index in [1.54, 1.807) is 13.2 Å². The average molecular weight is 440 g/mol. The van der Waals surface area contributed by atoms with Gasteiger partial charge in [-0.25, -0.2) is 0 Å². The summed E-state index contributed by atoms with van der Waals surface area (Å²) in [5.41, 5.74) is 1.79. The van der Waals surface area contributed by atoms with Gasteiger partial charge in [-0.2, -0.15) is 9.50 Å². The summed E-state index contributed by atoms with van der Waals surface area (Å²) in [5, 5.41) is 4.30. The Bertz CT molecular complexity index is 1240. The topological polar surface area (TPSA) is 56.5 Å². The number of benzene rings is 2. The third-order valence-corrected chi connectivity index (χ3v) is 5.34. The van der Waals surface area contributed by atoms with Crippen LogP contribution < -0.4 is 14.8 Å². The fourth-order valence-electron chi connectivity index (χ4n) is 2.55. The van der Waals surface area contributed by atoms with E-state index in [1.165, 1.54) is 15.9 Å². The molecule has 4 aromatic rings. The van der Waals surface area contributed by atoms with E-state index in [2.05, 4.69) is 26.0 Å². The van der Waals surface area contributed by atoms with E-state index in [0.717, 1.165) is 21.3 Å². The molecule has 27 heavy (non-hydrogen) atoms. The van der Waals surface area contributed by atoms with Gasteiger partial charge >= 0.3 is 0 Å². The van der Waals surface area contributed by atoms with Crippen LogP contribution in [-0.4, -0.2) is 21.7 Å². The Hall–Kier alpha value is -2.77. The molecule has 2 aromatic carbocycles. The lowest BCUT2D eigenvalue weighted by Crippen LogP contribution is -2.23. The van der Waals surface area contributed by atoms with E-state index in [-0.39, 0.29) is 5.56 Å². The van der Waals surface area contributed by atoms with Crippen molar-refractivity contribution in [2.75, 3.05) is 7.11 Å². The van der Waals surface area contributed by atoms with Crippen LogP contribution in [0.1, 0.15) is 17.0 Å². The van der Waals surface area contributed by atoms with E-state index in [9.17, 15) is 4.79 Å². The van der Waals surface area contributed by atoms with Crippen LogP contribution in [0.2, 0.25) is 0 Å². The number of nitrogens with zero attached hydrogens (tertiary/aromatic N) is 3. The first-order valence-electron chi connectivity index (χ1n) is 8.11. The van der Waals surface area contributed by atoms with E-state index >= 15 is 0 Å². The van der Waals surface area contributed by atoms with Gasteiger partial charge in [0.25, 0.3) is 5.56 Å². The number of thiazole rings is 1. The van der Waals surface area contributed by atoms with Crippen molar-refractivity contribution in [3.05, 3.63) is 84.8 Å². The van der Waals surface area contributed by atoms with Gasteiger partial charge in [-0.05, 0) is 47.5 Å². The van der Waals surface area contributed by atoms with Crippen molar-refractivity contribution in [3.63, 3.8) is 0 Å². The highest BCUT2D eigenvalue weighted by molar-refractivity contribution is 9.10. The van der Waals surface area contributed by atoms with Crippen LogP contribution in [-0.2, 0) is 0 Å². The molecule has 0 saturated heterocycles. The average Bonchev–Trinajstić information content (AvgIpc) is 3.20. The lowest BCUT2D eigenvalue weighted by Gasteiger charge is -1.98. The molecular weight excluding hydrogens is 426 g/mol. The van der Waals surface area contributed by atoms with Gasteiger partial charge in [-0.15, -0.1) is 5.10 Å². The largest absolute Gasteiger partial charge is 0.497 e. The lowest BCUT2D eigenvalue weighted by molar-refractivity contribution is 0.415. The minimum atomic E-state index is -0.161. The number of ether oxygens (including phenoxy) is 1. The monoisotopic (exact) mass is 439 g/mol. The van der Waals surface area contributed by atoms with Gasteiger partial charge in [0.1, 0.15) is 5.75 Å². The molecule has 0 aliphatic heterocycles. The summed E-state index contributed by atoms with van der Waals surface area (Å²) in [5.74, 6) is 1.31. The summed E-state index contributed by atoms with van der Waals surface area (Å²) in [6, 6.07) is 15.4. The van der Waals surface area contributed by atoms with Gasteiger partial charge in [-0.1, -0.05) is 57.6 Å². The Morgan fingerprint density at radius 3 is 2.63 bits per heavy atom. The zero-order chi connectivity index (χ0) is 18.8. The molecule has 0 aliphatic carbocycles. The lowest BCUT2D eigenvalue weighted by atomic mass is 10.2. The summed E-state index contributed by atoms with van der Waals surface area (Å²) in [7, 11) is 1.63. The Morgan fingerprint density at radius 2 is 1.93 bits per heavy atom. The van der Waals surface area contributed by atoms with Crippen molar-refractivity contribution >= 4 is 50.5 Å². The molecule has 0 amide bonds. The normalized spacial score (nSPS) is 12.3. The molecule has 0 unspecified atom stereocenters. The fourth-order valence-corrected chi connectivity index (χ4v) is 3.88. The molecule has 0 fully saturated rings. The first-order chi connectivity index (χ1) is 13.1. The van der Waals surface area contributed by atoms with Crippen molar-refractivity contribution in [2.45, 2.75) is 0 Å². The standard InChI is InChI=1S/C20H14BrN3O2S/c1-26-16-8-5-13(6-9-16)7-10-18-22-20-24(23-18)19(25)17(27-20)12-14-3-2-4-15(21)11-14/h2-12H,1H3/b10-7+,17-12-. The second-order valence-corrected chi connectivity index (χ2v) is 7.67. The molecule has 2 aromatic heterocycles. The number of fused-ring (bicyclic) bond motifs is 1. The van der Waals surface area contributed by atoms with Crippen molar-refractivity contribution < 1.29 is 4.74 Å². The van der Waals surface area contributed by atoms with Crippen LogP contribution in [0.5, 0.6) is 5.75 Å². The van der Waals surface area contributed by atoms with Crippen LogP contribution in [0.4, 0.5) is 0 Å². The van der Waals surface area contributed by atoms with Gasteiger partial charge < -0.3 is 4.74 Å². The molecule has 4 rings (SSSR count). The van der Waals surface area contributed by atoms with Gasteiger partial charge in [0.15, 0.2) is 5.82 Å². The first-order valence-corrected chi connectivity index (χ1v) is 9.72. The number of hydrogen-bond acceptors (Lipinski definition) is 5. The summed E-state index contributed by atoms with van der Waals surface area (Å²) in [6.45, 7) is 0. The summed E-state index contributed by atoms with van der Waals surface area (Å²) < 4.78 is 8.07. The minimum Gasteiger partial charge on any atom is -0.497 e. The maximum atomic E-state index is 12.6.